The molecule has 2 aliphatic rings. The van der Waals surface area contributed by atoms with Crippen LogP contribution in [0, 0.1) is 11.3 Å². The quantitative estimate of drug-likeness (QED) is 0.122. The van der Waals surface area contributed by atoms with Crippen LogP contribution in [0.25, 0.3) is 6.08 Å². The van der Waals surface area contributed by atoms with E-state index in [-0.39, 0.29) is 22.4 Å². The van der Waals surface area contributed by atoms with E-state index in [0.717, 1.165) is 7.11 Å². The fourth-order valence-corrected chi connectivity index (χ4v) is 5.36. The maximum absolute atomic E-state index is 13.4. The summed E-state index contributed by atoms with van der Waals surface area (Å²) in [7, 11) is 4.13. The normalized spacial score (nSPS) is 16.0. The standard InChI is InChI=1S/C34H23NO9/c1-39-21-8-11-24(19(15-21)14-20(18-35)31(36)41-3)32(37)42-23-10-13-28-30(17-23)43-29-16-22(40-2)9-12-27(29)34(28)26-7-5-4-6-25(26)33(38)44-34/h4-17H,1-3H3/b20-14+. The maximum atomic E-state index is 13.4. The highest BCUT2D eigenvalue weighted by Gasteiger charge is 2.53. The van der Waals surface area contributed by atoms with Gasteiger partial charge in [0.1, 0.15) is 40.4 Å². The maximum Gasteiger partial charge on any atom is 0.348 e. The summed E-state index contributed by atoms with van der Waals surface area (Å²) < 4.78 is 33.5. The van der Waals surface area contributed by atoms with Crippen LogP contribution in [0.5, 0.6) is 28.7 Å². The van der Waals surface area contributed by atoms with E-state index in [2.05, 4.69) is 4.74 Å². The number of benzene rings is 4. The molecule has 4 aromatic rings. The van der Waals surface area contributed by atoms with Gasteiger partial charge in [0.25, 0.3) is 0 Å². The van der Waals surface area contributed by atoms with E-state index in [9.17, 15) is 19.6 Å². The number of nitrogens with zero attached hydrogens (tertiary/aromatic N) is 1. The van der Waals surface area contributed by atoms with Crippen molar-refractivity contribution >= 4 is 24.0 Å². The van der Waals surface area contributed by atoms with Crippen molar-refractivity contribution in [2.24, 2.45) is 0 Å². The Hall–Kier alpha value is -6.08. The second-order valence-corrected chi connectivity index (χ2v) is 9.74. The van der Waals surface area contributed by atoms with Crippen LogP contribution in [0.3, 0.4) is 0 Å². The first kappa shape index (κ1) is 28.1. The van der Waals surface area contributed by atoms with E-state index < -0.39 is 23.5 Å². The first-order valence-electron chi connectivity index (χ1n) is 13.3. The number of hydrogen-bond acceptors (Lipinski definition) is 10. The second-order valence-electron chi connectivity index (χ2n) is 9.74. The van der Waals surface area contributed by atoms with Gasteiger partial charge >= 0.3 is 17.9 Å². The van der Waals surface area contributed by atoms with Crippen molar-refractivity contribution < 1.29 is 42.8 Å². The number of carbonyl (C=O) groups is 3. The zero-order chi connectivity index (χ0) is 31.0. The van der Waals surface area contributed by atoms with Gasteiger partial charge in [0.05, 0.1) is 32.5 Å². The van der Waals surface area contributed by atoms with Crippen LogP contribution in [0.4, 0.5) is 0 Å². The minimum atomic E-state index is -1.30. The molecule has 2 heterocycles. The number of hydrogen-bond donors (Lipinski definition) is 0. The van der Waals surface area contributed by atoms with Gasteiger partial charge in [0.2, 0.25) is 0 Å². The molecule has 218 valence electrons. The molecule has 0 N–H and O–H groups in total. The van der Waals surface area contributed by atoms with Crippen LogP contribution in [0.15, 0.2) is 84.4 Å². The fourth-order valence-electron chi connectivity index (χ4n) is 5.36. The molecular weight excluding hydrogens is 566 g/mol. The lowest BCUT2D eigenvalue weighted by Crippen LogP contribution is -2.33. The van der Waals surface area contributed by atoms with E-state index >= 15 is 0 Å². The van der Waals surface area contributed by atoms with E-state index in [1.807, 2.05) is 12.1 Å². The Labute approximate surface area is 251 Å². The molecule has 2 aliphatic heterocycles. The average Bonchev–Trinajstić information content (AvgIpc) is 3.34. The summed E-state index contributed by atoms with van der Waals surface area (Å²) >= 11 is 0. The molecule has 6 rings (SSSR count). The van der Waals surface area contributed by atoms with Crippen LogP contribution < -0.4 is 18.9 Å². The third-order valence-electron chi connectivity index (χ3n) is 7.41. The summed E-state index contributed by atoms with van der Waals surface area (Å²) in [6.07, 6.45) is 1.22. The van der Waals surface area contributed by atoms with E-state index in [1.165, 1.54) is 38.5 Å². The molecule has 0 saturated carbocycles. The number of carbonyl (C=O) groups excluding carboxylic acids is 3. The zero-order valence-corrected chi connectivity index (χ0v) is 23.7. The van der Waals surface area contributed by atoms with Gasteiger partial charge in [0, 0.05) is 28.8 Å². The number of ether oxygens (including phenoxy) is 6. The summed E-state index contributed by atoms with van der Waals surface area (Å²) in [6.45, 7) is 0. The molecule has 0 saturated heterocycles. The largest absolute Gasteiger partial charge is 0.497 e. The van der Waals surface area contributed by atoms with Gasteiger partial charge in [-0.25, -0.2) is 14.4 Å². The highest BCUT2D eigenvalue weighted by atomic mass is 16.6. The Morgan fingerprint density at radius 1 is 0.818 bits per heavy atom. The first-order chi connectivity index (χ1) is 21.3. The third-order valence-corrected chi connectivity index (χ3v) is 7.41. The second kappa shape index (κ2) is 11.0. The Morgan fingerprint density at radius 3 is 2.14 bits per heavy atom. The Balaban J connectivity index is 1.42. The number of esters is 3. The summed E-state index contributed by atoms with van der Waals surface area (Å²) in [5, 5.41) is 9.44. The smallest absolute Gasteiger partial charge is 0.348 e. The molecule has 1 atom stereocenters. The molecule has 4 aromatic carbocycles. The SMILES string of the molecule is COC(=O)/C(C#N)=C/c1cc(OC)ccc1C(=O)Oc1ccc2c(c1)Oc1cc(OC)ccc1C21OC(=O)c2ccccc21. The molecule has 44 heavy (non-hydrogen) atoms. The van der Waals surface area contributed by atoms with Gasteiger partial charge in [-0.2, -0.15) is 5.26 Å². The lowest BCUT2D eigenvalue weighted by atomic mass is 9.77. The number of methoxy groups -OCH3 is 3. The minimum absolute atomic E-state index is 0.0614. The van der Waals surface area contributed by atoms with Gasteiger partial charge in [-0.3, -0.25) is 0 Å². The molecular formula is C34H23NO9. The van der Waals surface area contributed by atoms with E-state index in [4.69, 9.17) is 23.7 Å². The number of nitriles is 1. The highest BCUT2D eigenvalue weighted by Crippen LogP contribution is 2.57. The molecule has 10 heteroatoms. The minimum Gasteiger partial charge on any atom is -0.497 e. The molecule has 1 unspecified atom stereocenters. The molecule has 1 spiro atoms. The highest BCUT2D eigenvalue weighted by molar-refractivity contribution is 6.01. The fraction of sp³-hybridized carbons (Fsp3) is 0.118. The van der Waals surface area contributed by atoms with Crippen LogP contribution in [-0.4, -0.2) is 39.2 Å². The monoisotopic (exact) mass is 589 g/mol. The van der Waals surface area contributed by atoms with Crippen molar-refractivity contribution in [3.8, 4) is 34.8 Å². The molecule has 0 aromatic heterocycles. The van der Waals surface area contributed by atoms with Crippen molar-refractivity contribution in [3.05, 3.63) is 118 Å². The predicted molar refractivity (Wildman–Crippen MR) is 155 cm³/mol. The van der Waals surface area contributed by atoms with Crippen LogP contribution >= 0.6 is 0 Å². The Kier molecular flexibility index (Phi) is 6.99. The van der Waals surface area contributed by atoms with Crippen molar-refractivity contribution in [1.82, 2.24) is 0 Å². The van der Waals surface area contributed by atoms with Gasteiger partial charge in [-0.1, -0.05) is 18.2 Å². The van der Waals surface area contributed by atoms with Crippen molar-refractivity contribution in [2.75, 3.05) is 21.3 Å². The van der Waals surface area contributed by atoms with E-state index in [1.54, 1.807) is 54.6 Å². The van der Waals surface area contributed by atoms with Crippen LogP contribution in [-0.2, 0) is 19.9 Å². The molecule has 0 amide bonds. The van der Waals surface area contributed by atoms with Gasteiger partial charge in [-0.15, -0.1) is 0 Å². The van der Waals surface area contributed by atoms with Gasteiger partial charge < -0.3 is 28.4 Å². The lowest BCUT2D eigenvalue weighted by molar-refractivity contribution is -0.135. The van der Waals surface area contributed by atoms with Crippen molar-refractivity contribution in [2.45, 2.75) is 5.60 Å². The van der Waals surface area contributed by atoms with Gasteiger partial charge in [-0.05, 0) is 60.2 Å². The Bertz CT molecular complexity index is 1940. The van der Waals surface area contributed by atoms with Crippen LogP contribution in [0.1, 0.15) is 43.0 Å². The number of fused-ring (bicyclic) bond motifs is 6. The van der Waals surface area contributed by atoms with E-state index in [0.29, 0.717) is 45.3 Å². The number of rotatable bonds is 6. The predicted octanol–water partition coefficient (Wildman–Crippen LogP) is 5.57. The first-order valence-corrected chi connectivity index (χ1v) is 13.3. The van der Waals surface area contributed by atoms with Crippen LogP contribution in [0.2, 0.25) is 0 Å². The lowest BCUT2D eigenvalue weighted by Gasteiger charge is -2.36. The summed E-state index contributed by atoms with van der Waals surface area (Å²) in [5.74, 6) is -0.351. The molecule has 10 nitrogen and oxygen atoms in total. The summed E-state index contributed by atoms with van der Waals surface area (Å²) in [6, 6.07) is 23.4. The van der Waals surface area contributed by atoms with Crippen molar-refractivity contribution in [1.29, 1.82) is 5.26 Å². The molecule has 0 radical (unpaired) electrons. The molecule has 0 bridgehead atoms. The molecule has 0 fully saturated rings. The van der Waals surface area contributed by atoms with Gasteiger partial charge in [0.15, 0.2) is 5.60 Å². The average molecular weight is 590 g/mol. The summed E-state index contributed by atoms with van der Waals surface area (Å²) in [5.41, 5.74) is 0.885. The molecule has 0 aliphatic carbocycles. The topological polar surface area (TPSA) is 130 Å². The zero-order valence-electron chi connectivity index (χ0n) is 23.7. The van der Waals surface area contributed by atoms with Crippen molar-refractivity contribution in [3.63, 3.8) is 0 Å². The third kappa shape index (κ3) is 4.48. The summed E-state index contributed by atoms with van der Waals surface area (Å²) in [4.78, 5) is 38.5. The Morgan fingerprint density at radius 2 is 1.45 bits per heavy atom.